The van der Waals surface area contributed by atoms with Gasteiger partial charge in [-0.2, -0.15) is 4.31 Å². The van der Waals surface area contributed by atoms with Gasteiger partial charge in [0.05, 0.1) is 5.88 Å². The molecule has 0 saturated carbocycles. The van der Waals surface area contributed by atoms with Crippen molar-refractivity contribution in [3.8, 4) is 0 Å². The summed E-state index contributed by atoms with van der Waals surface area (Å²) in [4.78, 5) is 2.56. The lowest BCUT2D eigenvalue weighted by Gasteiger charge is -2.33. The van der Waals surface area contributed by atoms with Gasteiger partial charge in [0.15, 0.2) is 0 Å². The van der Waals surface area contributed by atoms with Crippen LogP contribution in [0, 0.1) is 13.8 Å². The summed E-state index contributed by atoms with van der Waals surface area (Å²) in [6, 6.07) is 0. The van der Waals surface area contributed by atoms with E-state index in [1.807, 2.05) is 0 Å². The minimum atomic E-state index is -3.52. The first-order valence-corrected chi connectivity index (χ1v) is 9.26. The van der Waals surface area contributed by atoms with Crippen LogP contribution in [-0.2, 0) is 15.9 Å². The molecular formula is C14H23ClN2O3S. The Morgan fingerprint density at radius 1 is 1.14 bits per heavy atom. The summed E-state index contributed by atoms with van der Waals surface area (Å²) in [7, 11) is -3.52. The number of hydrogen-bond acceptors (Lipinski definition) is 4. The molecule has 0 radical (unpaired) electrons. The van der Waals surface area contributed by atoms with Crippen LogP contribution in [-0.4, -0.2) is 50.3 Å². The maximum atomic E-state index is 12.9. The molecule has 2 heterocycles. The van der Waals surface area contributed by atoms with Gasteiger partial charge in [-0.3, -0.25) is 0 Å². The molecule has 0 unspecified atom stereocenters. The van der Waals surface area contributed by atoms with Gasteiger partial charge in [0, 0.05) is 31.7 Å². The number of aryl methyl sites for hydroxylation is 2. The van der Waals surface area contributed by atoms with Crippen LogP contribution in [0.2, 0.25) is 0 Å². The van der Waals surface area contributed by atoms with Crippen LogP contribution in [0.15, 0.2) is 9.31 Å². The fourth-order valence-electron chi connectivity index (χ4n) is 2.84. The lowest BCUT2D eigenvalue weighted by molar-refractivity contribution is 0.188. The first kappa shape index (κ1) is 16.8. The number of sulfonamides is 1. The van der Waals surface area contributed by atoms with Gasteiger partial charge < -0.3 is 9.32 Å². The molecule has 1 aromatic rings. The second kappa shape index (κ2) is 6.69. The zero-order chi connectivity index (χ0) is 15.6. The molecule has 1 aliphatic rings. The second-order valence-electron chi connectivity index (χ2n) is 5.40. The van der Waals surface area contributed by atoms with E-state index in [1.54, 1.807) is 18.2 Å². The Balaban J connectivity index is 2.24. The predicted octanol–water partition coefficient (Wildman–Crippen LogP) is 2.35. The fraction of sp³-hybridized carbons (Fsp3) is 0.714. The average Bonchev–Trinajstić information content (AvgIpc) is 2.74. The van der Waals surface area contributed by atoms with Crippen molar-refractivity contribution >= 4 is 21.6 Å². The molecule has 21 heavy (non-hydrogen) atoms. The molecule has 0 bridgehead atoms. The first-order valence-electron chi connectivity index (χ1n) is 7.29. The normalized spacial score (nSPS) is 18.3. The van der Waals surface area contributed by atoms with Crippen molar-refractivity contribution in [3.63, 3.8) is 0 Å². The van der Waals surface area contributed by atoms with Gasteiger partial charge in [-0.15, -0.1) is 11.6 Å². The van der Waals surface area contributed by atoms with Crippen molar-refractivity contribution in [1.29, 1.82) is 0 Å². The zero-order valence-electron chi connectivity index (χ0n) is 12.9. The van der Waals surface area contributed by atoms with Crippen molar-refractivity contribution in [2.45, 2.75) is 38.0 Å². The Kier molecular flexibility index (Phi) is 5.35. The van der Waals surface area contributed by atoms with Gasteiger partial charge in [0.1, 0.15) is 16.4 Å². The Morgan fingerprint density at radius 3 is 2.29 bits per heavy atom. The Morgan fingerprint density at radius 2 is 1.76 bits per heavy atom. The molecule has 0 aliphatic carbocycles. The van der Waals surface area contributed by atoms with Crippen LogP contribution >= 0.6 is 11.6 Å². The molecule has 1 aliphatic heterocycles. The summed E-state index contributed by atoms with van der Waals surface area (Å²) in [6.45, 7) is 9.18. The van der Waals surface area contributed by atoms with Crippen LogP contribution in [0.3, 0.4) is 0 Å². The minimum absolute atomic E-state index is 0.146. The van der Waals surface area contributed by atoms with Crippen molar-refractivity contribution < 1.29 is 12.8 Å². The van der Waals surface area contributed by atoms with Gasteiger partial charge >= 0.3 is 0 Å². The number of hydrogen-bond donors (Lipinski definition) is 0. The molecule has 0 N–H and O–H groups in total. The average molecular weight is 335 g/mol. The topological polar surface area (TPSA) is 53.8 Å². The number of rotatable bonds is 5. The Hall–Kier alpha value is -0.560. The standard InChI is InChI=1S/C14H23ClN2O3S/c1-4-5-16-6-8-17(9-7-16)21(18,19)14-12(3)20-11(2)13(14)10-15/h4-10H2,1-3H3. The third kappa shape index (κ3) is 3.28. The molecule has 1 aromatic heterocycles. The minimum Gasteiger partial charge on any atom is -0.465 e. The van der Waals surface area contributed by atoms with E-state index < -0.39 is 10.0 Å². The highest BCUT2D eigenvalue weighted by molar-refractivity contribution is 7.89. The van der Waals surface area contributed by atoms with E-state index in [0.29, 0.717) is 30.2 Å². The number of alkyl halides is 1. The van der Waals surface area contributed by atoms with Crippen molar-refractivity contribution in [2.24, 2.45) is 0 Å². The molecule has 7 heteroatoms. The van der Waals surface area contributed by atoms with E-state index in [9.17, 15) is 8.42 Å². The SMILES string of the molecule is CCCN1CCN(S(=O)(=O)c2c(C)oc(C)c2CCl)CC1. The van der Waals surface area contributed by atoms with Gasteiger partial charge in [-0.25, -0.2) is 8.42 Å². The van der Waals surface area contributed by atoms with E-state index >= 15 is 0 Å². The number of furan rings is 1. The molecule has 5 nitrogen and oxygen atoms in total. The summed E-state index contributed by atoms with van der Waals surface area (Å²) in [6.07, 6.45) is 1.09. The molecule has 0 aromatic carbocycles. The van der Waals surface area contributed by atoms with E-state index in [0.717, 1.165) is 26.1 Å². The van der Waals surface area contributed by atoms with Crippen LogP contribution < -0.4 is 0 Å². The Bertz CT molecular complexity index is 590. The van der Waals surface area contributed by atoms with Crippen molar-refractivity contribution in [1.82, 2.24) is 9.21 Å². The quantitative estimate of drug-likeness (QED) is 0.776. The van der Waals surface area contributed by atoms with Crippen LogP contribution in [0.5, 0.6) is 0 Å². The number of piperazine rings is 1. The lowest BCUT2D eigenvalue weighted by Crippen LogP contribution is -2.48. The van der Waals surface area contributed by atoms with Gasteiger partial charge in [0.25, 0.3) is 0 Å². The van der Waals surface area contributed by atoms with Crippen molar-refractivity contribution in [3.05, 3.63) is 17.1 Å². The molecule has 1 saturated heterocycles. The maximum absolute atomic E-state index is 12.9. The third-order valence-electron chi connectivity index (χ3n) is 3.93. The van der Waals surface area contributed by atoms with E-state index in [2.05, 4.69) is 11.8 Å². The highest BCUT2D eigenvalue weighted by Crippen LogP contribution is 2.30. The smallest absolute Gasteiger partial charge is 0.246 e. The molecule has 0 spiro atoms. The van der Waals surface area contributed by atoms with Gasteiger partial charge in [-0.05, 0) is 26.8 Å². The predicted molar refractivity (Wildman–Crippen MR) is 83.2 cm³/mol. The van der Waals surface area contributed by atoms with Crippen LogP contribution in [0.25, 0.3) is 0 Å². The molecule has 0 amide bonds. The monoisotopic (exact) mass is 334 g/mol. The second-order valence-corrected chi connectivity index (χ2v) is 7.54. The summed E-state index contributed by atoms with van der Waals surface area (Å²) < 4.78 is 32.7. The van der Waals surface area contributed by atoms with E-state index in [-0.39, 0.29) is 10.8 Å². The molecular weight excluding hydrogens is 312 g/mol. The molecule has 120 valence electrons. The highest BCUT2D eigenvalue weighted by Gasteiger charge is 2.33. The summed E-state index contributed by atoms with van der Waals surface area (Å²) in [5.74, 6) is 1.16. The van der Waals surface area contributed by atoms with E-state index in [1.165, 1.54) is 0 Å². The van der Waals surface area contributed by atoms with Gasteiger partial charge in [-0.1, -0.05) is 6.92 Å². The zero-order valence-corrected chi connectivity index (χ0v) is 14.4. The maximum Gasteiger partial charge on any atom is 0.246 e. The van der Waals surface area contributed by atoms with Crippen molar-refractivity contribution in [2.75, 3.05) is 32.7 Å². The first-order chi connectivity index (χ1) is 9.91. The van der Waals surface area contributed by atoms with E-state index in [4.69, 9.17) is 16.0 Å². The molecule has 1 fully saturated rings. The highest BCUT2D eigenvalue weighted by atomic mass is 35.5. The molecule has 0 atom stereocenters. The fourth-order valence-corrected chi connectivity index (χ4v) is 5.08. The summed E-state index contributed by atoms with van der Waals surface area (Å²) >= 11 is 5.91. The summed E-state index contributed by atoms with van der Waals surface area (Å²) in [5, 5.41) is 0. The van der Waals surface area contributed by atoms with Crippen LogP contribution in [0.4, 0.5) is 0 Å². The number of nitrogens with zero attached hydrogens (tertiary/aromatic N) is 2. The Labute approximate surface area is 131 Å². The van der Waals surface area contributed by atoms with Gasteiger partial charge in [0.2, 0.25) is 10.0 Å². The third-order valence-corrected chi connectivity index (χ3v) is 6.29. The number of halogens is 1. The largest absolute Gasteiger partial charge is 0.465 e. The lowest BCUT2D eigenvalue weighted by atomic mass is 10.3. The molecule has 2 rings (SSSR count). The summed E-state index contributed by atoms with van der Waals surface area (Å²) in [5.41, 5.74) is 0.588. The van der Waals surface area contributed by atoms with Crippen LogP contribution in [0.1, 0.15) is 30.4 Å².